The number of aliphatic carboxylic acids is 1. The zero-order chi connectivity index (χ0) is 23.8. The number of urea groups is 1. The molecule has 11 nitrogen and oxygen atoms in total. The molecule has 1 aliphatic rings. The summed E-state index contributed by atoms with van der Waals surface area (Å²) in [6.07, 6.45) is 0. The number of amides is 3. The number of carboxylic acids is 1. The largest absolute Gasteiger partial charge is 0.480 e. The van der Waals surface area contributed by atoms with Gasteiger partial charge in [-0.1, -0.05) is 48.5 Å². The number of nitrogens with zero attached hydrogens (tertiary/aromatic N) is 1. The fraction of sp³-hybridized carbons (Fsp3) is 0.286. The highest BCUT2D eigenvalue weighted by molar-refractivity contribution is 7.89. The molecule has 2 aromatic rings. The molecule has 33 heavy (non-hydrogen) atoms. The second-order valence-electron chi connectivity index (χ2n) is 7.17. The van der Waals surface area contributed by atoms with Gasteiger partial charge in [0, 0.05) is 6.54 Å². The van der Waals surface area contributed by atoms with E-state index in [0.717, 1.165) is 9.87 Å². The molecule has 3 rings (SSSR count). The van der Waals surface area contributed by atoms with Crippen LogP contribution >= 0.6 is 0 Å². The highest BCUT2D eigenvalue weighted by Crippen LogP contribution is 2.22. The number of ether oxygens (including phenoxy) is 1. The van der Waals surface area contributed by atoms with Gasteiger partial charge in [0.25, 0.3) is 0 Å². The van der Waals surface area contributed by atoms with Gasteiger partial charge in [0.1, 0.15) is 18.8 Å². The zero-order valence-electron chi connectivity index (χ0n) is 17.5. The van der Waals surface area contributed by atoms with Crippen LogP contribution in [0.2, 0.25) is 0 Å². The second-order valence-corrected chi connectivity index (χ2v) is 9.06. The molecule has 1 aliphatic heterocycles. The molecule has 1 fully saturated rings. The van der Waals surface area contributed by atoms with E-state index in [1.165, 1.54) is 12.1 Å². The van der Waals surface area contributed by atoms with Crippen LogP contribution in [-0.4, -0.2) is 67.7 Å². The smallest absolute Gasteiger partial charge is 0.328 e. The van der Waals surface area contributed by atoms with Crippen molar-refractivity contribution in [2.24, 2.45) is 0 Å². The predicted molar refractivity (Wildman–Crippen MR) is 116 cm³/mol. The van der Waals surface area contributed by atoms with Crippen molar-refractivity contribution in [2.75, 3.05) is 19.9 Å². The maximum atomic E-state index is 12.9. The van der Waals surface area contributed by atoms with Crippen LogP contribution in [0.4, 0.5) is 4.79 Å². The van der Waals surface area contributed by atoms with Crippen molar-refractivity contribution in [1.29, 1.82) is 0 Å². The lowest BCUT2D eigenvalue weighted by Crippen LogP contribution is -2.55. The summed E-state index contributed by atoms with van der Waals surface area (Å²) in [5.74, 6) is -2.23. The number of nitrogens with one attached hydrogen (secondary N) is 3. The summed E-state index contributed by atoms with van der Waals surface area (Å²) in [5.41, 5.74) is 0.858. The molecular weight excluding hydrogens is 452 g/mol. The van der Waals surface area contributed by atoms with E-state index in [4.69, 9.17) is 4.74 Å². The number of hydrogen-bond acceptors (Lipinski definition) is 6. The van der Waals surface area contributed by atoms with Gasteiger partial charge in [-0.15, -0.1) is 0 Å². The van der Waals surface area contributed by atoms with E-state index in [0.29, 0.717) is 0 Å². The van der Waals surface area contributed by atoms with E-state index in [1.807, 2.05) is 30.3 Å². The lowest BCUT2D eigenvalue weighted by molar-refractivity contribution is -0.142. The Labute approximate surface area is 190 Å². The van der Waals surface area contributed by atoms with Gasteiger partial charge in [0.2, 0.25) is 15.9 Å². The van der Waals surface area contributed by atoms with Gasteiger partial charge >= 0.3 is 12.0 Å². The Bertz CT molecular complexity index is 1080. The van der Waals surface area contributed by atoms with Gasteiger partial charge in [-0.2, -0.15) is 4.31 Å². The Hall–Kier alpha value is -3.48. The van der Waals surface area contributed by atoms with Gasteiger partial charge in [-0.3, -0.25) is 4.79 Å². The van der Waals surface area contributed by atoms with E-state index in [9.17, 15) is 27.9 Å². The number of rotatable bonds is 9. The molecule has 0 saturated carbocycles. The maximum Gasteiger partial charge on any atom is 0.328 e. The standard InChI is InChI=1S/C21H24N4O7S/c26-19(18-13-32-14-25(18)33(30,31)16-9-5-2-6-10-16)24-17(20(27)28)12-23-21(29)22-11-15-7-3-1-4-8-15/h1-10,17-18H,11-14H2,(H,24,26)(H,27,28)(H2,22,23,29)/t17-,18-/m0/s1. The number of carbonyl (C=O) groups excluding carboxylic acids is 2. The van der Waals surface area contributed by atoms with Crippen LogP contribution in [-0.2, 0) is 30.9 Å². The average molecular weight is 477 g/mol. The topological polar surface area (TPSA) is 154 Å². The zero-order valence-corrected chi connectivity index (χ0v) is 18.3. The predicted octanol–water partition coefficient (Wildman–Crippen LogP) is 0.102. The molecule has 0 radical (unpaired) electrons. The van der Waals surface area contributed by atoms with E-state index in [2.05, 4.69) is 16.0 Å². The first-order valence-electron chi connectivity index (χ1n) is 10.0. The first-order valence-corrected chi connectivity index (χ1v) is 11.5. The third-order valence-electron chi connectivity index (χ3n) is 4.87. The van der Waals surface area contributed by atoms with Crippen LogP contribution < -0.4 is 16.0 Å². The van der Waals surface area contributed by atoms with E-state index >= 15 is 0 Å². The minimum absolute atomic E-state index is 0.0140. The summed E-state index contributed by atoms with van der Waals surface area (Å²) in [7, 11) is -4.03. The average Bonchev–Trinajstić information content (AvgIpc) is 3.32. The summed E-state index contributed by atoms with van der Waals surface area (Å²) in [5, 5.41) is 16.7. The lowest BCUT2D eigenvalue weighted by Gasteiger charge is -2.23. The molecule has 0 aromatic heterocycles. The molecule has 2 atom stereocenters. The van der Waals surface area contributed by atoms with Crippen LogP contribution in [0.5, 0.6) is 0 Å². The molecule has 1 saturated heterocycles. The summed E-state index contributed by atoms with van der Waals surface area (Å²) in [6, 6.07) is 13.3. The Morgan fingerprint density at radius 2 is 1.67 bits per heavy atom. The minimum atomic E-state index is -4.03. The van der Waals surface area contributed by atoms with Crippen molar-refractivity contribution >= 4 is 27.9 Å². The van der Waals surface area contributed by atoms with Gasteiger partial charge in [0.05, 0.1) is 18.0 Å². The molecule has 1 heterocycles. The van der Waals surface area contributed by atoms with Gasteiger partial charge in [-0.05, 0) is 17.7 Å². The van der Waals surface area contributed by atoms with Crippen molar-refractivity contribution in [1.82, 2.24) is 20.3 Å². The van der Waals surface area contributed by atoms with Crippen LogP contribution in [0.3, 0.4) is 0 Å². The first kappa shape index (κ1) is 24.2. The molecule has 176 valence electrons. The maximum absolute atomic E-state index is 12.9. The number of sulfonamides is 1. The van der Waals surface area contributed by atoms with Crippen LogP contribution in [0.15, 0.2) is 65.6 Å². The SMILES string of the molecule is O=C(NCc1ccccc1)NC[C@H](NC(=O)[C@@H]1COCN1S(=O)(=O)c1ccccc1)C(=O)O. The highest BCUT2D eigenvalue weighted by atomic mass is 32.2. The summed E-state index contributed by atoms with van der Waals surface area (Å²) < 4.78 is 31.8. The fourth-order valence-electron chi connectivity index (χ4n) is 3.10. The molecule has 0 bridgehead atoms. The summed E-state index contributed by atoms with van der Waals surface area (Å²) >= 11 is 0. The Kier molecular flexibility index (Phi) is 7.98. The van der Waals surface area contributed by atoms with Crippen LogP contribution in [0, 0.1) is 0 Å². The first-order chi connectivity index (χ1) is 15.8. The molecule has 12 heteroatoms. The van der Waals surface area contributed by atoms with E-state index < -0.39 is 46.6 Å². The molecular formula is C21H24N4O7S. The normalized spacial score (nSPS) is 17.2. The Morgan fingerprint density at radius 3 is 2.30 bits per heavy atom. The van der Waals surface area contributed by atoms with Crippen LogP contribution in [0.25, 0.3) is 0 Å². The van der Waals surface area contributed by atoms with Gasteiger partial charge in [0.15, 0.2) is 0 Å². The van der Waals surface area contributed by atoms with Gasteiger partial charge < -0.3 is 25.8 Å². The third kappa shape index (κ3) is 6.28. The molecule has 3 amide bonds. The van der Waals surface area contributed by atoms with Crippen molar-refractivity contribution in [3.63, 3.8) is 0 Å². The summed E-state index contributed by atoms with van der Waals surface area (Å²) in [6.45, 7) is -0.731. The molecule has 0 unspecified atom stereocenters. The van der Waals surface area contributed by atoms with Crippen molar-refractivity contribution in [3.8, 4) is 0 Å². The number of hydrogen-bond donors (Lipinski definition) is 4. The van der Waals surface area contributed by atoms with Crippen molar-refractivity contribution < 1.29 is 32.6 Å². The third-order valence-corrected chi connectivity index (χ3v) is 6.72. The second kappa shape index (κ2) is 10.9. The Balaban J connectivity index is 1.58. The molecule has 4 N–H and O–H groups in total. The minimum Gasteiger partial charge on any atom is -0.480 e. The van der Waals surface area contributed by atoms with E-state index in [1.54, 1.807) is 18.2 Å². The number of benzene rings is 2. The van der Waals surface area contributed by atoms with Gasteiger partial charge in [-0.25, -0.2) is 18.0 Å². The number of carboxylic acid groups (broad SMARTS) is 1. The Morgan fingerprint density at radius 1 is 1.03 bits per heavy atom. The van der Waals surface area contributed by atoms with E-state index in [-0.39, 0.29) is 24.8 Å². The van der Waals surface area contributed by atoms with Crippen molar-refractivity contribution in [2.45, 2.75) is 23.5 Å². The molecule has 0 spiro atoms. The van der Waals surface area contributed by atoms with Crippen LogP contribution in [0.1, 0.15) is 5.56 Å². The fourth-order valence-corrected chi connectivity index (χ4v) is 4.58. The van der Waals surface area contributed by atoms with Crippen molar-refractivity contribution in [3.05, 3.63) is 66.2 Å². The monoisotopic (exact) mass is 476 g/mol. The summed E-state index contributed by atoms with van der Waals surface area (Å²) in [4.78, 5) is 36.3. The molecule has 0 aliphatic carbocycles. The quantitative estimate of drug-likeness (QED) is 0.400. The molecule has 2 aromatic carbocycles. The highest BCUT2D eigenvalue weighted by Gasteiger charge is 2.41. The number of carbonyl (C=O) groups is 3. The lowest BCUT2D eigenvalue weighted by atomic mass is 10.2.